The van der Waals surface area contributed by atoms with Gasteiger partial charge in [-0.2, -0.15) is 0 Å². The lowest BCUT2D eigenvalue weighted by molar-refractivity contribution is 1.25. The third-order valence-electron chi connectivity index (χ3n) is 1.52. The van der Waals surface area contributed by atoms with Gasteiger partial charge in [-0.25, -0.2) is 9.97 Å². The Balaban J connectivity index is 2.66. The lowest BCUT2D eigenvalue weighted by Gasteiger charge is -1.95. The van der Waals surface area contributed by atoms with Crippen molar-refractivity contribution in [1.82, 2.24) is 9.97 Å². The molecule has 5 heteroatoms. The van der Waals surface area contributed by atoms with Crippen molar-refractivity contribution in [2.45, 2.75) is 6.92 Å². The van der Waals surface area contributed by atoms with E-state index in [0.29, 0.717) is 0 Å². The topological polar surface area (TPSA) is 63.8 Å². The summed E-state index contributed by atoms with van der Waals surface area (Å²) in [5.74, 6) is 5.24. The molecular weight excluding hydrogens is 172 g/mol. The van der Waals surface area contributed by atoms with E-state index in [1.165, 1.54) is 0 Å². The summed E-state index contributed by atoms with van der Waals surface area (Å²) in [5, 5.41) is 1.02. The quantitative estimate of drug-likeness (QED) is 0.512. The molecule has 0 aliphatic carbocycles. The highest BCUT2D eigenvalue weighted by atomic mass is 32.1. The van der Waals surface area contributed by atoms with Crippen LogP contribution < -0.4 is 11.3 Å². The SMILES string of the molecule is Cc1nc2ncc(NN)cc2s1. The summed E-state index contributed by atoms with van der Waals surface area (Å²) < 4.78 is 1.06. The first-order valence-electron chi connectivity index (χ1n) is 3.49. The Hall–Kier alpha value is -1.20. The predicted octanol–water partition coefficient (Wildman–Crippen LogP) is 1.29. The molecule has 0 aliphatic heterocycles. The van der Waals surface area contributed by atoms with Crippen LogP contribution in [0, 0.1) is 6.92 Å². The zero-order valence-electron chi connectivity index (χ0n) is 6.53. The molecule has 2 aromatic rings. The number of aromatic nitrogens is 2. The van der Waals surface area contributed by atoms with Gasteiger partial charge in [0.05, 0.1) is 21.6 Å². The Morgan fingerprint density at radius 3 is 3.17 bits per heavy atom. The minimum atomic E-state index is 0.788. The number of thiazole rings is 1. The number of pyridine rings is 1. The highest BCUT2D eigenvalue weighted by Gasteiger charge is 2.01. The molecule has 0 radical (unpaired) electrons. The molecule has 0 fully saturated rings. The van der Waals surface area contributed by atoms with Crippen LogP contribution in [0.2, 0.25) is 0 Å². The van der Waals surface area contributed by atoms with Crippen molar-refractivity contribution in [1.29, 1.82) is 0 Å². The van der Waals surface area contributed by atoms with E-state index < -0.39 is 0 Å². The number of nitrogens with two attached hydrogens (primary N) is 1. The first-order chi connectivity index (χ1) is 5.79. The lowest BCUT2D eigenvalue weighted by Crippen LogP contribution is -2.06. The number of nitrogen functional groups attached to an aromatic ring is 1. The summed E-state index contributed by atoms with van der Waals surface area (Å²) in [4.78, 5) is 8.36. The van der Waals surface area contributed by atoms with E-state index in [0.717, 1.165) is 21.0 Å². The summed E-state index contributed by atoms with van der Waals surface area (Å²) in [5.41, 5.74) is 4.14. The first kappa shape index (κ1) is 7.45. The molecule has 0 aliphatic rings. The van der Waals surface area contributed by atoms with Gasteiger partial charge in [-0.1, -0.05) is 0 Å². The van der Waals surface area contributed by atoms with Crippen LogP contribution in [0.5, 0.6) is 0 Å². The van der Waals surface area contributed by atoms with Crippen LogP contribution in [0.1, 0.15) is 5.01 Å². The highest BCUT2D eigenvalue weighted by molar-refractivity contribution is 7.18. The Bertz CT molecular complexity index is 409. The third-order valence-corrected chi connectivity index (χ3v) is 2.43. The number of anilines is 1. The van der Waals surface area contributed by atoms with E-state index in [-0.39, 0.29) is 0 Å². The molecule has 12 heavy (non-hydrogen) atoms. The van der Waals surface area contributed by atoms with Crippen LogP contribution in [-0.2, 0) is 0 Å². The van der Waals surface area contributed by atoms with Crippen LogP contribution in [0.3, 0.4) is 0 Å². The summed E-state index contributed by atoms with van der Waals surface area (Å²) in [6.07, 6.45) is 1.67. The van der Waals surface area contributed by atoms with Gasteiger partial charge >= 0.3 is 0 Å². The summed E-state index contributed by atoms with van der Waals surface area (Å²) in [6, 6.07) is 1.94. The number of hydrogen-bond donors (Lipinski definition) is 2. The molecule has 3 N–H and O–H groups in total. The Morgan fingerprint density at radius 1 is 1.58 bits per heavy atom. The molecule has 0 spiro atoms. The molecule has 2 aromatic heterocycles. The molecule has 2 rings (SSSR count). The maximum atomic E-state index is 5.24. The largest absolute Gasteiger partial charge is 0.323 e. The number of nitrogens with zero attached hydrogens (tertiary/aromatic N) is 2. The minimum Gasteiger partial charge on any atom is -0.323 e. The van der Waals surface area contributed by atoms with Gasteiger partial charge in [-0.05, 0) is 13.0 Å². The van der Waals surface area contributed by atoms with Crippen LogP contribution in [0.25, 0.3) is 10.3 Å². The smallest absolute Gasteiger partial charge is 0.170 e. The van der Waals surface area contributed by atoms with Crippen molar-refractivity contribution in [3.8, 4) is 0 Å². The van der Waals surface area contributed by atoms with Gasteiger partial charge in [0.2, 0.25) is 0 Å². The normalized spacial score (nSPS) is 10.5. The van der Waals surface area contributed by atoms with Gasteiger partial charge in [0, 0.05) is 0 Å². The van der Waals surface area contributed by atoms with E-state index in [9.17, 15) is 0 Å². The Morgan fingerprint density at radius 2 is 2.42 bits per heavy atom. The maximum Gasteiger partial charge on any atom is 0.170 e. The van der Waals surface area contributed by atoms with Crippen LogP contribution in [-0.4, -0.2) is 9.97 Å². The van der Waals surface area contributed by atoms with Crippen LogP contribution in [0.15, 0.2) is 12.3 Å². The van der Waals surface area contributed by atoms with Crippen molar-refractivity contribution in [3.05, 3.63) is 17.3 Å². The fraction of sp³-hybridized carbons (Fsp3) is 0.143. The number of rotatable bonds is 1. The van der Waals surface area contributed by atoms with E-state index >= 15 is 0 Å². The molecule has 0 saturated heterocycles. The second-order valence-electron chi connectivity index (χ2n) is 2.42. The Labute approximate surface area is 73.4 Å². The molecule has 0 atom stereocenters. The molecule has 0 aromatic carbocycles. The summed E-state index contributed by atoms with van der Waals surface area (Å²) >= 11 is 1.61. The average Bonchev–Trinajstić information content (AvgIpc) is 2.43. The fourth-order valence-electron chi connectivity index (χ4n) is 1.01. The van der Waals surface area contributed by atoms with Crippen molar-refractivity contribution < 1.29 is 0 Å². The van der Waals surface area contributed by atoms with Gasteiger partial charge in [0.1, 0.15) is 0 Å². The number of aryl methyl sites for hydroxylation is 1. The van der Waals surface area contributed by atoms with Crippen LogP contribution in [0.4, 0.5) is 5.69 Å². The monoisotopic (exact) mass is 180 g/mol. The van der Waals surface area contributed by atoms with Crippen LogP contribution >= 0.6 is 11.3 Å². The molecule has 62 valence electrons. The van der Waals surface area contributed by atoms with Crippen molar-refractivity contribution in [2.75, 3.05) is 5.43 Å². The van der Waals surface area contributed by atoms with Crippen molar-refractivity contribution in [2.24, 2.45) is 5.84 Å². The number of fused-ring (bicyclic) bond motifs is 1. The predicted molar refractivity (Wildman–Crippen MR) is 50.0 cm³/mol. The summed E-state index contributed by atoms with van der Waals surface area (Å²) in [7, 11) is 0. The zero-order chi connectivity index (χ0) is 8.55. The molecule has 2 heterocycles. The second kappa shape index (κ2) is 2.69. The van der Waals surface area contributed by atoms with Gasteiger partial charge < -0.3 is 5.43 Å². The third kappa shape index (κ3) is 1.13. The van der Waals surface area contributed by atoms with Crippen molar-refractivity contribution in [3.63, 3.8) is 0 Å². The zero-order valence-corrected chi connectivity index (χ0v) is 7.35. The van der Waals surface area contributed by atoms with Gasteiger partial charge in [0.25, 0.3) is 0 Å². The van der Waals surface area contributed by atoms with E-state index in [2.05, 4.69) is 15.4 Å². The molecule has 0 bridgehead atoms. The standard InChI is InChI=1S/C7H8N4S/c1-4-10-7-6(12-4)2-5(11-8)3-9-7/h2-3,11H,8H2,1H3. The average molecular weight is 180 g/mol. The van der Waals surface area contributed by atoms with E-state index in [4.69, 9.17) is 5.84 Å². The second-order valence-corrected chi connectivity index (χ2v) is 3.66. The Kier molecular flexibility index (Phi) is 1.67. The summed E-state index contributed by atoms with van der Waals surface area (Å²) in [6.45, 7) is 1.96. The molecule has 4 nitrogen and oxygen atoms in total. The van der Waals surface area contributed by atoms with E-state index in [1.54, 1.807) is 17.5 Å². The fourth-order valence-corrected chi connectivity index (χ4v) is 1.83. The molecule has 0 unspecified atom stereocenters. The van der Waals surface area contributed by atoms with Gasteiger partial charge in [0.15, 0.2) is 5.65 Å². The van der Waals surface area contributed by atoms with Gasteiger partial charge in [-0.15, -0.1) is 11.3 Å². The number of hydrogen-bond acceptors (Lipinski definition) is 5. The van der Waals surface area contributed by atoms with Gasteiger partial charge in [-0.3, -0.25) is 5.84 Å². The maximum absolute atomic E-state index is 5.24. The lowest BCUT2D eigenvalue weighted by atomic mass is 10.4. The molecule has 0 saturated carbocycles. The van der Waals surface area contributed by atoms with E-state index in [1.807, 2.05) is 13.0 Å². The first-order valence-corrected chi connectivity index (χ1v) is 4.31. The molecule has 0 amide bonds. The molecular formula is C7H8N4S. The van der Waals surface area contributed by atoms with Crippen molar-refractivity contribution >= 4 is 27.4 Å². The number of nitrogens with one attached hydrogen (secondary N) is 1. The highest BCUT2D eigenvalue weighted by Crippen LogP contribution is 2.21. The minimum absolute atomic E-state index is 0.788. The number of hydrazine groups is 1.